The van der Waals surface area contributed by atoms with Crippen molar-refractivity contribution in [1.29, 1.82) is 0 Å². The van der Waals surface area contributed by atoms with Gasteiger partial charge in [0, 0.05) is 0 Å². The average Bonchev–Trinajstić information content (AvgIpc) is 2.45. The molecule has 0 N–H and O–H groups in total. The first-order chi connectivity index (χ1) is 9.93. The smallest absolute Gasteiger partial charge is 0.345 e. The first kappa shape index (κ1) is 17.1. The maximum atomic E-state index is 13.8. The Morgan fingerprint density at radius 1 is 1.24 bits per heavy atom. The molecule has 0 unspecified atom stereocenters. The maximum Gasteiger partial charge on any atom is 0.345 e. The number of Topliss-reactive ketones (excluding diaryl/α,β-unsaturated/α-hetero) is 1. The zero-order valence-electron chi connectivity index (χ0n) is 11.4. The first-order valence-electron chi connectivity index (χ1n) is 6.11. The Morgan fingerprint density at radius 2 is 1.90 bits per heavy atom. The summed E-state index contributed by atoms with van der Waals surface area (Å²) >= 11 is 5.41. The largest absolute Gasteiger partial charge is 0.500 e. The molecule has 0 aliphatic heterocycles. The summed E-state index contributed by atoms with van der Waals surface area (Å²) in [4.78, 5) is 23.9. The third-order valence-electron chi connectivity index (χ3n) is 2.39. The fraction of sp³-hybridized carbons (Fsp3) is 0.286. The average molecular weight is 319 g/mol. The van der Waals surface area contributed by atoms with Crippen molar-refractivity contribution in [1.82, 2.24) is 0 Å². The molecule has 1 aromatic carbocycles. The summed E-state index contributed by atoms with van der Waals surface area (Å²) in [6.45, 7) is 3.42. The zero-order chi connectivity index (χ0) is 16.0. The molecular formula is C14H13ClF2O4. The molecule has 0 atom stereocenters. The van der Waals surface area contributed by atoms with E-state index < -0.39 is 39.5 Å². The third-order valence-corrected chi connectivity index (χ3v) is 2.73. The van der Waals surface area contributed by atoms with E-state index in [9.17, 15) is 18.4 Å². The number of hydrogen-bond donors (Lipinski definition) is 0. The van der Waals surface area contributed by atoms with E-state index in [0.29, 0.717) is 0 Å². The molecule has 0 aliphatic carbocycles. The molecule has 0 fully saturated rings. The molecule has 0 radical (unpaired) electrons. The maximum absolute atomic E-state index is 13.8. The number of ketones is 1. The van der Waals surface area contributed by atoms with E-state index in [4.69, 9.17) is 21.1 Å². The van der Waals surface area contributed by atoms with E-state index >= 15 is 0 Å². The molecule has 0 heterocycles. The fourth-order valence-corrected chi connectivity index (χ4v) is 1.58. The number of hydrogen-bond acceptors (Lipinski definition) is 4. The highest BCUT2D eigenvalue weighted by molar-refractivity contribution is 6.32. The highest BCUT2D eigenvalue weighted by Gasteiger charge is 2.26. The molecule has 0 bridgehead atoms. The van der Waals surface area contributed by atoms with Gasteiger partial charge in [0.1, 0.15) is 22.7 Å². The summed E-state index contributed by atoms with van der Waals surface area (Å²) in [5.74, 6) is -4.21. The zero-order valence-corrected chi connectivity index (χ0v) is 12.2. The topological polar surface area (TPSA) is 52.6 Å². The van der Waals surface area contributed by atoms with Gasteiger partial charge < -0.3 is 9.47 Å². The predicted molar refractivity (Wildman–Crippen MR) is 72.0 cm³/mol. The number of rotatable bonds is 6. The Kier molecular flexibility index (Phi) is 6.30. The van der Waals surface area contributed by atoms with Gasteiger partial charge in [-0.1, -0.05) is 11.6 Å². The molecule has 0 saturated carbocycles. The molecular weight excluding hydrogens is 306 g/mol. The molecule has 0 saturated heterocycles. The normalized spacial score (nSPS) is 11.2. The Hall–Kier alpha value is -1.95. The SMILES string of the molecule is CCO/C=C(\C(=O)OCC)C(=O)c1ccc(F)c(Cl)c1F. The van der Waals surface area contributed by atoms with Gasteiger partial charge in [0.2, 0.25) is 5.78 Å². The van der Waals surface area contributed by atoms with Gasteiger partial charge in [-0.15, -0.1) is 0 Å². The van der Waals surface area contributed by atoms with Crippen molar-refractivity contribution in [2.75, 3.05) is 13.2 Å². The van der Waals surface area contributed by atoms with Crippen LogP contribution in [-0.2, 0) is 14.3 Å². The van der Waals surface area contributed by atoms with Crippen molar-refractivity contribution < 1.29 is 27.8 Å². The van der Waals surface area contributed by atoms with Crippen LogP contribution < -0.4 is 0 Å². The van der Waals surface area contributed by atoms with Gasteiger partial charge in [-0.3, -0.25) is 4.79 Å². The van der Waals surface area contributed by atoms with Crippen LogP contribution in [0.2, 0.25) is 5.02 Å². The summed E-state index contributed by atoms with van der Waals surface area (Å²) in [6.07, 6.45) is 0.886. The van der Waals surface area contributed by atoms with Gasteiger partial charge in [0.25, 0.3) is 0 Å². The van der Waals surface area contributed by atoms with Crippen LogP contribution in [0.1, 0.15) is 24.2 Å². The predicted octanol–water partition coefficient (Wildman–Crippen LogP) is 3.28. The van der Waals surface area contributed by atoms with Gasteiger partial charge in [0.05, 0.1) is 18.8 Å². The van der Waals surface area contributed by atoms with Crippen molar-refractivity contribution in [3.05, 3.63) is 46.2 Å². The number of carbonyl (C=O) groups excluding carboxylic acids is 2. The summed E-state index contributed by atoms with van der Waals surface area (Å²) in [7, 11) is 0. The minimum atomic E-state index is -1.24. The minimum absolute atomic E-state index is 0.0300. The van der Waals surface area contributed by atoms with Gasteiger partial charge in [-0.2, -0.15) is 0 Å². The highest BCUT2D eigenvalue weighted by atomic mass is 35.5. The van der Waals surface area contributed by atoms with Gasteiger partial charge in [-0.05, 0) is 26.0 Å². The molecule has 114 valence electrons. The summed E-state index contributed by atoms with van der Waals surface area (Å²) in [6, 6.07) is 1.74. The van der Waals surface area contributed by atoms with E-state index in [1.54, 1.807) is 13.8 Å². The van der Waals surface area contributed by atoms with Crippen LogP contribution in [0.5, 0.6) is 0 Å². The van der Waals surface area contributed by atoms with Crippen LogP contribution in [0.25, 0.3) is 0 Å². The van der Waals surface area contributed by atoms with Crippen LogP contribution in [0.15, 0.2) is 24.0 Å². The third kappa shape index (κ3) is 4.01. The van der Waals surface area contributed by atoms with E-state index in [1.807, 2.05) is 0 Å². The molecule has 4 nitrogen and oxygen atoms in total. The molecule has 0 aromatic heterocycles. The number of benzene rings is 1. The van der Waals surface area contributed by atoms with Gasteiger partial charge in [-0.25, -0.2) is 13.6 Å². The van der Waals surface area contributed by atoms with Crippen LogP contribution in [0.3, 0.4) is 0 Å². The number of halogens is 3. The van der Waals surface area contributed by atoms with Crippen molar-refractivity contribution in [3.63, 3.8) is 0 Å². The molecule has 0 spiro atoms. The monoisotopic (exact) mass is 318 g/mol. The second-order valence-corrected chi connectivity index (χ2v) is 4.14. The van der Waals surface area contributed by atoms with Crippen LogP contribution in [-0.4, -0.2) is 25.0 Å². The lowest BCUT2D eigenvalue weighted by atomic mass is 10.0. The highest BCUT2D eigenvalue weighted by Crippen LogP contribution is 2.24. The number of carbonyl (C=O) groups is 2. The van der Waals surface area contributed by atoms with E-state index in [0.717, 1.165) is 18.4 Å². The van der Waals surface area contributed by atoms with Crippen LogP contribution >= 0.6 is 11.6 Å². The van der Waals surface area contributed by atoms with Crippen LogP contribution in [0.4, 0.5) is 8.78 Å². The first-order valence-corrected chi connectivity index (χ1v) is 6.48. The van der Waals surface area contributed by atoms with Gasteiger partial charge >= 0.3 is 5.97 Å². The Balaban J connectivity index is 3.23. The summed E-state index contributed by atoms with van der Waals surface area (Å²) in [5.41, 5.74) is -1.04. The van der Waals surface area contributed by atoms with Crippen molar-refractivity contribution in [3.8, 4) is 0 Å². The lowest BCUT2D eigenvalue weighted by molar-refractivity contribution is -0.138. The Labute approximate surface area is 125 Å². The van der Waals surface area contributed by atoms with Crippen molar-refractivity contribution in [2.45, 2.75) is 13.8 Å². The minimum Gasteiger partial charge on any atom is -0.500 e. The van der Waals surface area contributed by atoms with Gasteiger partial charge in [0.15, 0.2) is 5.82 Å². The molecule has 0 amide bonds. The molecule has 0 aliphatic rings. The Morgan fingerprint density at radius 3 is 2.48 bits per heavy atom. The quantitative estimate of drug-likeness (QED) is 0.154. The van der Waals surface area contributed by atoms with E-state index in [-0.39, 0.29) is 13.2 Å². The van der Waals surface area contributed by atoms with E-state index in [2.05, 4.69) is 0 Å². The lowest BCUT2D eigenvalue weighted by Crippen LogP contribution is -2.18. The Bertz CT molecular complexity index is 585. The molecule has 21 heavy (non-hydrogen) atoms. The second kappa shape index (κ2) is 7.73. The number of ether oxygens (including phenoxy) is 2. The molecule has 7 heteroatoms. The molecule has 1 aromatic rings. The summed E-state index contributed by atoms with van der Waals surface area (Å²) in [5, 5.41) is -0.819. The summed E-state index contributed by atoms with van der Waals surface area (Å²) < 4.78 is 36.5. The van der Waals surface area contributed by atoms with E-state index in [1.165, 1.54) is 0 Å². The standard InChI is InChI=1S/C14H13ClF2O4/c1-3-20-7-9(14(19)21-4-2)13(18)8-5-6-10(16)11(15)12(8)17/h5-7H,3-4H2,1-2H3/b9-7-. The fourth-order valence-electron chi connectivity index (χ4n) is 1.42. The number of esters is 1. The lowest BCUT2D eigenvalue weighted by Gasteiger charge is -2.08. The van der Waals surface area contributed by atoms with Crippen molar-refractivity contribution in [2.24, 2.45) is 0 Å². The molecule has 1 rings (SSSR count). The second-order valence-electron chi connectivity index (χ2n) is 3.76. The van der Waals surface area contributed by atoms with Crippen molar-refractivity contribution >= 4 is 23.4 Å². The van der Waals surface area contributed by atoms with Crippen LogP contribution in [0, 0.1) is 11.6 Å².